The highest BCUT2D eigenvalue weighted by molar-refractivity contribution is 7.80. The Morgan fingerprint density at radius 1 is 1.70 bits per heavy atom. The highest BCUT2D eigenvalue weighted by Gasteiger charge is 2.39. The molecule has 1 heterocycles. The van der Waals surface area contributed by atoms with E-state index < -0.39 is 5.67 Å². The maximum absolute atomic E-state index is 13.1. The van der Waals surface area contributed by atoms with Crippen LogP contribution < -0.4 is 5.73 Å². The van der Waals surface area contributed by atoms with E-state index in [2.05, 4.69) is 12.6 Å². The molecule has 4 heteroatoms. The molecule has 0 amide bonds. The Bertz CT molecular complexity index is 118. The fourth-order valence-electron chi connectivity index (χ4n) is 0.976. The van der Waals surface area contributed by atoms with Gasteiger partial charge in [0, 0.05) is 18.2 Å². The van der Waals surface area contributed by atoms with Crippen LogP contribution in [0.5, 0.6) is 0 Å². The molecule has 1 atom stereocenters. The number of thiol groups is 1. The first kappa shape index (κ1) is 8.30. The topological polar surface area (TPSA) is 35.2 Å². The van der Waals surface area contributed by atoms with E-state index in [9.17, 15) is 4.39 Å². The number of ether oxygens (including phenoxy) is 1. The zero-order valence-corrected chi connectivity index (χ0v) is 6.61. The van der Waals surface area contributed by atoms with E-state index >= 15 is 0 Å². The van der Waals surface area contributed by atoms with Crippen LogP contribution in [0.3, 0.4) is 0 Å². The first-order valence-electron chi connectivity index (χ1n) is 3.29. The Labute approximate surface area is 65.3 Å². The van der Waals surface area contributed by atoms with Crippen molar-refractivity contribution in [2.24, 2.45) is 5.73 Å². The Morgan fingerprint density at radius 3 is 2.60 bits per heavy atom. The quantitative estimate of drug-likeness (QED) is 0.593. The third-order valence-corrected chi connectivity index (χ3v) is 2.05. The second kappa shape index (κ2) is 3.07. The summed E-state index contributed by atoms with van der Waals surface area (Å²) in [6, 6.07) is -0.141. The zero-order valence-electron chi connectivity index (χ0n) is 5.72. The molecule has 2 nitrogen and oxygen atoms in total. The van der Waals surface area contributed by atoms with Crippen molar-refractivity contribution >= 4 is 12.6 Å². The lowest BCUT2D eigenvalue weighted by Gasteiger charge is -2.35. The van der Waals surface area contributed by atoms with Gasteiger partial charge in [0.2, 0.25) is 0 Å². The van der Waals surface area contributed by atoms with E-state index in [0.29, 0.717) is 12.2 Å². The average molecular weight is 165 g/mol. The molecular weight excluding hydrogens is 153 g/mol. The zero-order chi connectivity index (χ0) is 7.61. The molecule has 2 N–H and O–H groups in total. The Balaban J connectivity index is 2.22. The van der Waals surface area contributed by atoms with Crippen molar-refractivity contribution in [1.82, 2.24) is 0 Å². The molecule has 1 unspecified atom stereocenters. The summed E-state index contributed by atoms with van der Waals surface area (Å²) < 4.78 is 17.8. The molecule has 1 aliphatic heterocycles. The summed E-state index contributed by atoms with van der Waals surface area (Å²) >= 11 is 3.96. The molecule has 1 fully saturated rings. The Kier molecular flexibility index (Phi) is 2.55. The predicted octanol–water partition coefficient (Wildman–Crippen LogP) is 0.372. The minimum absolute atomic E-state index is 0.141. The van der Waals surface area contributed by atoms with Gasteiger partial charge in [0.15, 0.2) is 5.67 Å². The largest absolute Gasteiger partial charge is 0.375 e. The highest BCUT2D eigenvalue weighted by Crippen LogP contribution is 2.26. The van der Waals surface area contributed by atoms with Gasteiger partial charge in [0.25, 0.3) is 0 Å². The summed E-state index contributed by atoms with van der Waals surface area (Å²) in [5, 5.41) is 0. The van der Waals surface area contributed by atoms with Crippen LogP contribution >= 0.6 is 12.6 Å². The number of hydrogen-bond acceptors (Lipinski definition) is 3. The van der Waals surface area contributed by atoms with Crippen molar-refractivity contribution in [3.8, 4) is 0 Å². The first-order chi connectivity index (χ1) is 4.66. The summed E-state index contributed by atoms with van der Waals surface area (Å²) in [6.45, 7) is 0.406. The van der Waals surface area contributed by atoms with Crippen LogP contribution in [0.2, 0.25) is 0 Å². The lowest BCUT2D eigenvalue weighted by Crippen LogP contribution is -2.49. The van der Waals surface area contributed by atoms with E-state index in [-0.39, 0.29) is 19.3 Å². The fraction of sp³-hybridized carbons (Fsp3) is 1.00. The summed E-state index contributed by atoms with van der Waals surface area (Å²) in [7, 11) is 0. The summed E-state index contributed by atoms with van der Waals surface area (Å²) in [6.07, 6.45) is 0.372. The minimum Gasteiger partial charge on any atom is -0.375 e. The third kappa shape index (κ3) is 1.84. The molecule has 60 valence electrons. The normalized spacial score (nSPS) is 25.5. The van der Waals surface area contributed by atoms with Gasteiger partial charge in [-0.15, -0.1) is 0 Å². The second-order valence-electron chi connectivity index (χ2n) is 2.79. The number of hydrogen-bond donors (Lipinski definition) is 2. The van der Waals surface area contributed by atoms with Gasteiger partial charge in [0.1, 0.15) is 0 Å². The number of halogens is 1. The van der Waals surface area contributed by atoms with E-state index in [4.69, 9.17) is 10.5 Å². The summed E-state index contributed by atoms with van der Waals surface area (Å²) in [5.41, 5.74) is 4.35. The molecule has 0 aromatic carbocycles. The van der Waals surface area contributed by atoms with Crippen LogP contribution in [0.1, 0.15) is 6.42 Å². The number of alkyl halides is 1. The SMILES string of the molecule is NC(CS)CC1(F)COC1. The van der Waals surface area contributed by atoms with Gasteiger partial charge >= 0.3 is 0 Å². The molecule has 0 aliphatic carbocycles. The van der Waals surface area contributed by atoms with Crippen molar-refractivity contribution in [2.45, 2.75) is 18.1 Å². The molecule has 0 saturated carbocycles. The molecule has 1 saturated heterocycles. The number of nitrogens with two attached hydrogens (primary N) is 1. The molecule has 1 aliphatic rings. The van der Waals surface area contributed by atoms with Gasteiger partial charge in [-0.2, -0.15) is 12.6 Å². The third-order valence-electron chi connectivity index (χ3n) is 1.58. The fourth-order valence-corrected chi connectivity index (χ4v) is 1.10. The van der Waals surface area contributed by atoms with Gasteiger partial charge in [0.05, 0.1) is 13.2 Å². The van der Waals surface area contributed by atoms with Crippen molar-refractivity contribution in [3.63, 3.8) is 0 Å². The minimum atomic E-state index is -1.15. The lowest BCUT2D eigenvalue weighted by molar-refractivity contribution is -0.135. The molecule has 0 radical (unpaired) electrons. The van der Waals surface area contributed by atoms with Crippen molar-refractivity contribution in [3.05, 3.63) is 0 Å². The second-order valence-corrected chi connectivity index (χ2v) is 3.16. The average Bonchev–Trinajstić information content (AvgIpc) is 1.84. The van der Waals surface area contributed by atoms with Gasteiger partial charge in [-0.25, -0.2) is 4.39 Å². The van der Waals surface area contributed by atoms with Crippen LogP contribution in [0.4, 0.5) is 4.39 Å². The van der Waals surface area contributed by atoms with Gasteiger partial charge in [-0.3, -0.25) is 0 Å². The summed E-state index contributed by atoms with van der Waals surface area (Å²) in [5.74, 6) is 0.533. The van der Waals surface area contributed by atoms with Crippen LogP contribution in [0.15, 0.2) is 0 Å². The van der Waals surface area contributed by atoms with Crippen LogP contribution in [0.25, 0.3) is 0 Å². The molecule has 0 aromatic heterocycles. The maximum atomic E-state index is 13.1. The van der Waals surface area contributed by atoms with E-state index in [0.717, 1.165) is 0 Å². The maximum Gasteiger partial charge on any atom is 0.158 e. The van der Waals surface area contributed by atoms with Crippen LogP contribution in [-0.2, 0) is 4.74 Å². The van der Waals surface area contributed by atoms with Gasteiger partial charge in [-0.05, 0) is 0 Å². The van der Waals surface area contributed by atoms with Gasteiger partial charge in [-0.1, -0.05) is 0 Å². The monoisotopic (exact) mass is 165 g/mol. The molecule has 1 rings (SSSR count). The Morgan fingerprint density at radius 2 is 2.30 bits per heavy atom. The number of rotatable bonds is 3. The molecule has 0 bridgehead atoms. The summed E-state index contributed by atoms with van der Waals surface area (Å²) in [4.78, 5) is 0. The predicted molar refractivity (Wildman–Crippen MR) is 41.1 cm³/mol. The van der Waals surface area contributed by atoms with Crippen molar-refractivity contribution < 1.29 is 9.13 Å². The Hall–Kier alpha value is 0.200. The van der Waals surface area contributed by atoms with Crippen LogP contribution in [0, 0.1) is 0 Å². The lowest BCUT2D eigenvalue weighted by atomic mass is 9.96. The van der Waals surface area contributed by atoms with Crippen molar-refractivity contribution in [2.75, 3.05) is 19.0 Å². The van der Waals surface area contributed by atoms with E-state index in [1.165, 1.54) is 0 Å². The van der Waals surface area contributed by atoms with E-state index in [1.807, 2.05) is 0 Å². The smallest absolute Gasteiger partial charge is 0.158 e. The van der Waals surface area contributed by atoms with Crippen LogP contribution in [-0.4, -0.2) is 30.7 Å². The van der Waals surface area contributed by atoms with Crippen molar-refractivity contribution in [1.29, 1.82) is 0 Å². The van der Waals surface area contributed by atoms with Gasteiger partial charge < -0.3 is 10.5 Å². The first-order valence-corrected chi connectivity index (χ1v) is 3.93. The van der Waals surface area contributed by atoms with E-state index in [1.54, 1.807) is 0 Å². The standard InChI is InChI=1S/C6H12FNOS/c7-6(3-9-4-6)1-5(8)2-10/h5,10H,1-4,8H2. The molecule has 0 aromatic rings. The molecule has 0 spiro atoms. The molecule has 10 heavy (non-hydrogen) atoms. The highest BCUT2D eigenvalue weighted by atomic mass is 32.1. The molecular formula is C6H12FNOS.